The smallest absolute Gasteiger partial charge is 0.292 e. The number of nitro benzene ring substituents is 1. The second-order valence-corrected chi connectivity index (χ2v) is 5.68. The van der Waals surface area contributed by atoms with E-state index in [0.717, 1.165) is 25.8 Å². The second kappa shape index (κ2) is 7.98. The number of nitrogens with zero attached hydrogens (tertiary/aromatic N) is 2. The molecule has 1 unspecified atom stereocenters. The lowest BCUT2D eigenvalue weighted by Crippen LogP contribution is -2.32. The maximum atomic E-state index is 11.4. The van der Waals surface area contributed by atoms with Crippen molar-refractivity contribution in [1.29, 1.82) is 0 Å². The van der Waals surface area contributed by atoms with Gasteiger partial charge in [0.15, 0.2) is 0 Å². The van der Waals surface area contributed by atoms with Gasteiger partial charge in [-0.25, -0.2) is 0 Å². The first-order valence-electron chi connectivity index (χ1n) is 7.61. The van der Waals surface area contributed by atoms with Crippen LogP contribution in [0.5, 0.6) is 0 Å². The summed E-state index contributed by atoms with van der Waals surface area (Å²) in [5, 5.41) is 21.0. The molecule has 5 nitrogen and oxygen atoms in total. The first-order chi connectivity index (χ1) is 9.88. The summed E-state index contributed by atoms with van der Waals surface area (Å²) in [6.45, 7) is 8.64. The number of benzene rings is 1. The first-order valence-corrected chi connectivity index (χ1v) is 7.61. The molecule has 1 atom stereocenters. The largest absolute Gasteiger partial charge is 0.389 e. The van der Waals surface area contributed by atoms with E-state index in [4.69, 9.17) is 0 Å². The van der Waals surface area contributed by atoms with Crippen molar-refractivity contribution in [1.82, 2.24) is 0 Å². The molecule has 0 aromatic heterocycles. The highest BCUT2D eigenvalue weighted by molar-refractivity contribution is 5.65. The highest BCUT2D eigenvalue weighted by Gasteiger charge is 2.22. The molecule has 0 heterocycles. The quantitative estimate of drug-likeness (QED) is 0.446. The summed E-state index contributed by atoms with van der Waals surface area (Å²) in [5.41, 5.74) is 1.27. The third-order valence-electron chi connectivity index (χ3n) is 3.61. The van der Waals surface area contributed by atoms with Crippen molar-refractivity contribution in [2.45, 2.75) is 59.1 Å². The van der Waals surface area contributed by atoms with Crippen LogP contribution in [0.3, 0.4) is 0 Å². The fraction of sp³-hybridized carbons (Fsp3) is 0.625. The zero-order chi connectivity index (χ0) is 16.0. The predicted molar refractivity (Wildman–Crippen MR) is 85.7 cm³/mol. The Morgan fingerprint density at radius 2 is 1.95 bits per heavy atom. The van der Waals surface area contributed by atoms with Gasteiger partial charge in [-0.05, 0) is 38.8 Å². The maximum Gasteiger partial charge on any atom is 0.292 e. The van der Waals surface area contributed by atoms with E-state index in [2.05, 4.69) is 11.8 Å². The minimum absolute atomic E-state index is 0.0681. The number of anilines is 1. The molecule has 1 aromatic rings. The van der Waals surface area contributed by atoms with Crippen LogP contribution in [0.15, 0.2) is 18.2 Å². The second-order valence-electron chi connectivity index (χ2n) is 5.68. The summed E-state index contributed by atoms with van der Waals surface area (Å²) in [5.74, 6) is 0. The molecule has 0 aliphatic carbocycles. The van der Waals surface area contributed by atoms with Crippen molar-refractivity contribution in [2.75, 3.05) is 11.4 Å². The highest BCUT2D eigenvalue weighted by atomic mass is 16.6. The average molecular weight is 294 g/mol. The molecule has 0 amide bonds. The molecule has 0 saturated heterocycles. The van der Waals surface area contributed by atoms with Crippen molar-refractivity contribution < 1.29 is 10.0 Å². The van der Waals surface area contributed by atoms with Crippen LogP contribution in [0.2, 0.25) is 0 Å². The van der Waals surface area contributed by atoms with Crippen molar-refractivity contribution in [3.8, 4) is 0 Å². The van der Waals surface area contributed by atoms with Gasteiger partial charge in [0, 0.05) is 18.7 Å². The van der Waals surface area contributed by atoms with E-state index in [-0.39, 0.29) is 16.7 Å². The summed E-state index contributed by atoms with van der Waals surface area (Å²) in [6.07, 6.45) is 2.55. The lowest BCUT2D eigenvalue weighted by Gasteiger charge is -2.29. The number of aliphatic hydroxyl groups excluding tert-OH is 1. The van der Waals surface area contributed by atoms with Crippen LogP contribution in [0.1, 0.15) is 58.6 Å². The number of unbranched alkanes of at least 4 members (excludes halogenated alkanes) is 2. The molecule has 0 aliphatic rings. The molecule has 0 saturated carbocycles. The van der Waals surface area contributed by atoms with Crippen LogP contribution in [0.4, 0.5) is 11.4 Å². The van der Waals surface area contributed by atoms with Crippen LogP contribution in [0.25, 0.3) is 0 Å². The van der Waals surface area contributed by atoms with E-state index in [1.54, 1.807) is 19.1 Å². The Kier molecular flexibility index (Phi) is 6.62. The Balaban J connectivity index is 3.14. The van der Waals surface area contributed by atoms with Gasteiger partial charge in [-0.3, -0.25) is 10.1 Å². The molecule has 21 heavy (non-hydrogen) atoms. The number of hydrogen-bond acceptors (Lipinski definition) is 4. The standard InChI is InChI=1S/C16H26N2O3/c1-5-6-7-10-17(12(2)3)15-9-8-14(13(4)19)11-16(15)18(20)21/h8-9,11-13,19H,5-7,10H2,1-4H3. The van der Waals surface area contributed by atoms with Gasteiger partial charge < -0.3 is 10.0 Å². The predicted octanol–water partition coefficient (Wildman–Crippen LogP) is 4.05. The third kappa shape index (κ3) is 4.70. The van der Waals surface area contributed by atoms with Gasteiger partial charge in [-0.15, -0.1) is 0 Å². The summed E-state index contributed by atoms with van der Waals surface area (Å²) in [7, 11) is 0. The van der Waals surface area contributed by atoms with Crippen molar-refractivity contribution in [2.24, 2.45) is 0 Å². The normalized spacial score (nSPS) is 12.5. The fourth-order valence-electron chi connectivity index (χ4n) is 2.38. The Morgan fingerprint density at radius 1 is 1.29 bits per heavy atom. The van der Waals surface area contributed by atoms with Crippen molar-refractivity contribution in [3.05, 3.63) is 33.9 Å². The molecule has 0 fully saturated rings. The van der Waals surface area contributed by atoms with Crippen LogP contribution in [-0.4, -0.2) is 22.6 Å². The number of aliphatic hydroxyl groups is 1. The van der Waals surface area contributed by atoms with E-state index in [1.165, 1.54) is 6.07 Å². The van der Waals surface area contributed by atoms with Crippen molar-refractivity contribution in [3.63, 3.8) is 0 Å². The summed E-state index contributed by atoms with van der Waals surface area (Å²) in [6, 6.07) is 5.20. The fourth-order valence-corrected chi connectivity index (χ4v) is 2.38. The monoisotopic (exact) mass is 294 g/mol. The Bertz CT molecular complexity index is 473. The molecular formula is C16H26N2O3. The van der Waals surface area contributed by atoms with Gasteiger partial charge in [0.2, 0.25) is 0 Å². The van der Waals surface area contributed by atoms with E-state index in [1.807, 2.05) is 13.8 Å². The lowest BCUT2D eigenvalue weighted by atomic mass is 10.1. The maximum absolute atomic E-state index is 11.4. The zero-order valence-electron chi connectivity index (χ0n) is 13.4. The Labute approximate surface area is 126 Å². The summed E-state index contributed by atoms with van der Waals surface area (Å²) < 4.78 is 0. The SMILES string of the molecule is CCCCCN(c1ccc(C(C)O)cc1[N+](=O)[O-])C(C)C. The zero-order valence-corrected chi connectivity index (χ0v) is 13.4. The van der Waals surface area contributed by atoms with Gasteiger partial charge in [-0.2, -0.15) is 0 Å². The van der Waals surface area contributed by atoms with Crippen LogP contribution in [0, 0.1) is 10.1 Å². The summed E-state index contributed by atoms with van der Waals surface area (Å²) >= 11 is 0. The highest BCUT2D eigenvalue weighted by Crippen LogP contribution is 2.32. The molecule has 0 radical (unpaired) electrons. The minimum Gasteiger partial charge on any atom is -0.389 e. The topological polar surface area (TPSA) is 66.6 Å². The Morgan fingerprint density at radius 3 is 2.43 bits per heavy atom. The molecule has 1 N–H and O–H groups in total. The van der Waals surface area contributed by atoms with Crippen LogP contribution < -0.4 is 4.90 Å². The van der Waals surface area contributed by atoms with Crippen LogP contribution in [-0.2, 0) is 0 Å². The number of hydrogen-bond donors (Lipinski definition) is 1. The van der Waals surface area contributed by atoms with E-state index >= 15 is 0 Å². The lowest BCUT2D eigenvalue weighted by molar-refractivity contribution is -0.384. The molecule has 0 spiro atoms. The van der Waals surface area contributed by atoms with E-state index in [0.29, 0.717) is 11.3 Å². The molecular weight excluding hydrogens is 268 g/mol. The average Bonchev–Trinajstić information content (AvgIpc) is 2.42. The van der Waals surface area contributed by atoms with Gasteiger partial charge in [-0.1, -0.05) is 25.8 Å². The van der Waals surface area contributed by atoms with E-state index < -0.39 is 6.10 Å². The molecule has 0 aliphatic heterocycles. The molecule has 5 heteroatoms. The van der Waals surface area contributed by atoms with Gasteiger partial charge in [0.25, 0.3) is 5.69 Å². The van der Waals surface area contributed by atoms with E-state index in [9.17, 15) is 15.2 Å². The third-order valence-corrected chi connectivity index (χ3v) is 3.61. The number of nitro groups is 1. The first kappa shape index (κ1) is 17.4. The summed E-state index contributed by atoms with van der Waals surface area (Å²) in [4.78, 5) is 13.1. The van der Waals surface area contributed by atoms with Crippen LogP contribution >= 0.6 is 0 Å². The molecule has 1 aromatic carbocycles. The van der Waals surface area contributed by atoms with Crippen molar-refractivity contribution >= 4 is 11.4 Å². The van der Waals surface area contributed by atoms with Gasteiger partial charge >= 0.3 is 0 Å². The molecule has 1 rings (SSSR count). The van der Waals surface area contributed by atoms with Gasteiger partial charge in [0.1, 0.15) is 5.69 Å². The molecule has 0 bridgehead atoms. The molecule has 118 valence electrons. The minimum atomic E-state index is -0.703. The van der Waals surface area contributed by atoms with Gasteiger partial charge in [0.05, 0.1) is 11.0 Å². The Hall–Kier alpha value is -1.62. The number of rotatable bonds is 8.